The average molecular weight is 340 g/mol. The van der Waals surface area contributed by atoms with Crippen molar-refractivity contribution in [3.8, 4) is 0 Å². The van der Waals surface area contributed by atoms with E-state index in [0.717, 1.165) is 16.5 Å². The molecule has 1 atom stereocenters. The minimum Gasteiger partial charge on any atom is -0.355 e. The largest absolute Gasteiger partial charge is 0.355 e. The molecule has 1 unspecified atom stereocenters. The van der Waals surface area contributed by atoms with Crippen LogP contribution in [0.5, 0.6) is 0 Å². The molecule has 1 heterocycles. The van der Waals surface area contributed by atoms with Crippen LogP contribution in [0, 0.1) is 5.92 Å². The summed E-state index contributed by atoms with van der Waals surface area (Å²) in [5.41, 5.74) is 0. The van der Waals surface area contributed by atoms with E-state index in [1.165, 1.54) is 9.77 Å². The van der Waals surface area contributed by atoms with Crippen LogP contribution in [0.4, 0.5) is 0 Å². The lowest BCUT2D eigenvalue weighted by Gasteiger charge is -2.11. The number of thiophene rings is 1. The minimum atomic E-state index is 0.00197. The quantitative estimate of drug-likeness (QED) is 0.753. The number of rotatable bonds is 7. The highest BCUT2D eigenvalue weighted by molar-refractivity contribution is 7.99. The molecule has 2 nitrogen and oxygen atoms in total. The summed E-state index contributed by atoms with van der Waals surface area (Å²) in [5.74, 6) is 0.906. The molecule has 0 bridgehead atoms. The van der Waals surface area contributed by atoms with E-state index < -0.39 is 0 Å². The fraction of sp³-hybridized carbons (Fsp3) is 0.312. The van der Waals surface area contributed by atoms with Crippen LogP contribution >= 0.6 is 34.7 Å². The van der Waals surface area contributed by atoms with Gasteiger partial charge in [-0.05, 0) is 30.7 Å². The molecule has 21 heavy (non-hydrogen) atoms. The van der Waals surface area contributed by atoms with Crippen molar-refractivity contribution in [3.05, 3.63) is 51.7 Å². The molecule has 112 valence electrons. The number of halogens is 1. The molecule has 1 aromatic heterocycles. The van der Waals surface area contributed by atoms with Crippen molar-refractivity contribution < 1.29 is 4.79 Å². The Balaban J connectivity index is 1.67. The molecule has 0 aliphatic carbocycles. The Morgan fingerprint density at radius 3 is 2.71 bits per heavy atom. The van der Waals surface area contributed by atoms with Crippen LogP contribution in [-0.2, 0) is 11.2 Å². The second-order valence-electron chi connectivity index (χ2n) is 4.77. The van der Waals surface area contributed by atoms with Crippen molar-refractivity contribution in [1.29, 1.82) is 0 Å². The van der Waals surface area contributed by atoms with Crippen molar-refractivity contribution in [2.75, 3.05) is 12.3 Å². The predicted molar refractivity (Wildman–Crippen MR) is 92.4 cm³/mol. The van der Waals surface area contributed by atoms with Crippen LogP contribution < -0.4 is 5.32 Å². The van der Waals surface area contributed by atoms with E-state index in [2.05, 4.69) is 17.4 Å². The monoisotopic (exact) mass is 339 g/mol. The highest BCUT2D eigenvalue weighted by atomic mass is 35.5. The first kappa shape index (κ1) is 16.4. The van der Waals surface area contributed by atoms with Gasteiger partial charge in [0, 0.05) is 28.0 Å². The molecule has 0 aliphatic heterocycles. The molecule has 0 fully saturated rings. The maximum atomic E-state index is 12.0. The summed E-state index contributed by atoms with van der Waals surface area (Å²) in [5, 5.41) is 2.99. The van der Waals surface area contributed by atoms with E-state index >= 15 is 0 Å². The van der Waals surface area contributed by atoms with Crippen molar-refractivity contribution >= 4 is 40.6 Å². The fourth-order valence-electron chi connectivity index (χ4n) is 1.78. The zero-order valence-electron chi connectivity index (χ0n) is 11.8. The SMILES string of the molecule is CC(CSc1ccccc1)C(=O)NCCc1ccc(Cl)s1. The Morgan fingerprint density at radius 2 is 2.05 bits per heavy atom. The predicted octanol–water partition coefficient (Wildman–Crippen LogP) is 4.49. The molecule has 1 N–H and O–H groups in total. The minimum absolute atomic E-state index is 0.00197. The lowest BCUT2D eigenvalue weighted by atomic mass is 10.2. The van der Waals surface area contributed by atoms with Gasteiger partial charge in [0.05, 0.1) is 4.34 Å². The summed E-state index contributed by atoms with van der Waals surface area (Å²) in [6, 6.07) is 14.1. The number of carbonyl (C=O) groups is 1. The van der Waals surface area contributed by atoms with Gasteiger partial charge < -0.3 is 5.32 Å². The van der Waals surface area contributed by atoms with Gasteiger partial charge in [-0.2, -0.15) is 0 Å². The summed E-state index contributed by atoms with van der Waals surface area (Å²) in [4.78, 5) is 14.4. The highest BCUT2D eigenvalue weighted by Crippen LogP contribution is 2.22. The third kappa shape index (κ3) is 5.73. The van der Waals surface area contributed by atoms with E-state index in [4.69, 9.17) is 11.6 Å². The smallest absolute Gasteiger partial charge is 0.223 e. The van der Waals surface area contributed by atoms with Gasteiger partial charge >= 0.3 is 0 Å². The van der Waals surface area contributed by atoms with Crippen LogP contribution in [0.2, 0.25) is 4.34 Å². The Kier molecular flexibility index (Phi) is 6.61. The molecule has 0 radical (unpaired) electrons. The lowest BCUT2D eigenvalue weighted by molar-refractivity contribution is -0.123. The average Bonchev–Trinajstić information content (AvgIpc) is 2.91. The molecule has 1 amide bonds. The zero-order chi connectivity index (χ0) is 15.1. The number of nitrogens with one attached hydrogen (secondary N) is 1. The van der Waals surface area contributed by atoms with Crippen LogP contribution in [0.3, 0.4) is 0 Å². The molecular weight excluding hydrogens is 322 g/mol. The Hall–Kier alpha value is -0.970. The van der Waals surface area contributed by atoms with E-state index in [-0.39, 0.29) is 11.8 Å². The van der Waals surface area contributed by atoms with Gasteiger partial charge in [0.2, 0.25) is 5.91 Å². The number of amides is 1. The van der Waals surface area contributed by atoms with E-state index in [9.17, 15) is 4.79 Å². The van der Waals surface area contributed by atoms with Crippen LogP contribution in [0.15, 0.2) is 47.4 Å². The number of hydrogen-bond acceptors (Lipinski definition) is 3. The Morgan fingerprint density at radius 1 is 1.29 bits per heavy atom. The van der Waals surface area contributed by atoms with Gasteiger partial charge in [0.15, 0.2) is 0 Å². The fourth-order valence-corrected chi connectivity index (χ4v) is 3.81. The first-order valence-corrected chi connectivity index (χ1v) is 9.03. The maximum Gasteiger partial charge on any atom is 0.223 e. The highest BCUT2D eigenvalue weighted by Gasteiger charge is 2.12. The van der Waals surface area contributed by atoms with Gasteiger partial charge in [0.1, 0.15) is 0 Å². The van der Waals surface area contributed by atoms with Crippen molar-refractivity contribution in [2.24, 2.45) is 5.92 Å². The first-order valence-electron chi connectivity index (χ1n) is 6.85. The second kappa shape index (κ2) is 8.47. The second-order valence-corrected chi connectivity index (χ2v) is 7.66. The number of benzene rings is 1. The van der Waals surface area contributed by atoms with E-state index in [1.807, 2.05) is 37.3 Å². The zero-order valence-corrected chi connectivity index (χ0v) is 14.2. The standard InChI is InChI=1S/C16H18ClNOS2/c1-12(11-20-13-5-3-2-4-6-13)16(19)18-10-9-14-7-8-15(17)21-14/h2-8,12H,9-11H2,1H3,(H,18,19). The molecule has 2 aromatic rings. The normalized spacial score (nSPS) is 12.1. The third-order valence-corrected chi connectivity index (χ3v) is 5.55. The molecule has 0 aliphatic rings. The Bertz CT molecular complexity index is 571. The molecular formula is C16H18ClNOS2. The summed E-state index contributed by atoms with van der Waals surface area (Å²) in [7, 11) is 0. The van der Waals surface area contributed by atoms with E-state index in [1.54, 1.807) is 23.1 Å². The molecule has 0 spiro atoms. The van der Waals surface area contributed by atoms with Gasteiger partial charge in [-0.1, -0.05) is 36.7 Å². The summed E-state index contributed by atoms with van der Waals surface area (Å²) < 4.78 is 0.795. The van der Waals surface area contributed by atoms with Gasteiger partial charge in [-0.3, -0.25) is 4.79 Å². The van der Waals surface area contributed by atoms with E-state index in [0.29, 0.717) is 6.54 Å². The summed E-state index contributed by atoms with van der Waals surface area (Å²) in [6.07, 6.45) is 0.835. The van der Waals surface area contributed by atoms with Crippen molar-refractivity contribution in [3.63, 3.8) is 0 Å². The van der Waals surface area contributed by atoms with Crippen molar-refractivity contribution in [1.82, 2.24) is 5.32 Å². The van der Waals surface area contributed by atoms with Crippen LogP contribution in [0.25, 0.3) is 0 Å². The topological polar surface area (TPSA) is 29.1 Å². The van der Waals surface area contributed by atoms with Crippen molar-refractivity contribution in [2.45, 2.75) is 18.2 Å². The van der Waals surface area contributed by atoms with Crippen LogP contribution in [-0.4, -0.2) is 18.2 Å². The third-order valence-electron chi connectivity index (χ3n) is 2.99. The molecule has 0 saturated heterocycles. The maximum absolute atomic E-state index is 12.0. The molecule has 1 aromatic carbocycles. The number of thioether (sulfide) groups is 1. The molecule has 5 heteroatoms. The van der Waals surface area contributed by atoms with Gasteiger partial charge in [0.25, 0.3) is 0 Å². The lowest BCUT2D eigenvalue weighted by Crippen LogP contribution is -2.31. The summed E-state index contributed by atoms with van der Waals surface area (Å²) >= 11 is 9.16. The summed E-state index contributed by atoms with van der Waals surface area (Å²) in [6.45, 7) is 2.63. The van der Waals surface area contributed by atoms with Gasteiger partial charge in [-0.25, -0.2) is 0 Å². The molecule has 2 rings (SSSR count). The first-order chi connectivity index (χ1) is 10.1. The Labute approximate surface area is 138 Å². The molecule has 0 saturated carbocycles. The number of carbonyl (C=O) groups excluding carboxylic acids is 1. The number of hydrogen-bond donors (Lipinski definition) is 1. The van der Waals surface area contributed by atoms with Crippen LogP contribution in [0.1, 0.15) is 11.8 Å². The van der Waals surface area contributed by atoms with Gasteiger partial charge in [-0.15, -0.1) is 23.1 Å².